The van der Waals surface area contributed by atoms with Gasteiger partial charge in [0.25, 0.3) is 0 Å². The highest BCUT2D eigenvalue weighted by Crippen LogP contribution is 2.29. The molecule has 18 heavy (non-hydrogen) atoms. The van der Waals surface area contributed by atoms with Crippen molar-refractivity contribution in [3.05, 3.63) is 35.4 Å². The van der Waals surface area contributed by atoms with E-state index in [9.17, 15) is 8.78 Å². The van der Waals surface area contributed by atoms with E-state index in [2.05, 4.69) is 11.8 Å². The zero-order valence-electron chi connectivity index (χ0n) is 10.7. The summed E-state index contributed by atoms with van der Waals surface area (Å²) in [5.41, 5.74) is 6.29. The molecule has 0 spiro atoms. The summed E-state index contributed by atoms with van der Waals surface area (Å²) >= 11 is 0. The first kappa shape index (κ1) is 13.4. The van der Waals surface area contributed by atoms with Gasteiger partial charge < -0.3 is 5.73 Å². The third-order valence-electron chi connectivity index (χ3n) is 3.39. The normalized spacial score (nSPS) is 17.2. The van der Waals surface area contributed by atoms with Gasteiger partial charge in [0.2, 0.25) is 0 Å². The van der Waals surface area contributed by atoms with Gasteiger partial charge in [0.05, 0.1) is 0 Å². The lowest BCUT2D eigenvalue weighted by atomic mass is 10.1. The topological polar surface area (TPSA) is 29.3 Å². The van der Waals surface area contributed by atoms with Gasteiger partial charge in [-0.1, -0.05) is 19.1 Å². The molecule has 4 heteroatoms. The molecule has 0 heterocycles. The van der Waals surface area contributed by atoms with E-state index in [-0.39, 0.29) is 5.56 Å². The molecule has 1 saturated carbocycles. The van der Waals surface area contributed by atoms with Crippen LogP contribution in [0.3, 0.4) is 0 Å². The largest absolute Gasteiger partial charge is 0.323 e. The Labute approximate surface area is 107 Å². The second-order valence-electron chi connectivity index (χ2n) is 4.98. The quantitative estimate of drug-likeness (QED) is 0.845. The number of hydrogen-bond donors (Lipinski definition) is 1. The molecule has 1 unspecified atom stereocenters. The molecule has 1 aliphatic rings. The molecule has 0 aliphatic heterocycles. The Balaban J connectivity index is 2.05. The van der Waals surface area contributed by atoms with Crippen LogP contribution in [0.2, 0.25) is 0 Å². The zero-order valence-corrected chi connectivity index (χ0v) is 10.7. The van der Waals surface area contributed by atoms with Gasteiger partial charge in [0.1, 0.15) is 0 Å². The zero-order chi connectivity index (χ0) is 13.1. The average molecular weight is 254 g/mol. The minimum atomic E-state index is -0.823. The fourth-order valence-corrected chi connectivity index (χ4v) is 2.31. The number of nitrogens with zero attached hydrogens (tertiary/aromatic N) is 1. The summed E-state index contributed by atoms with van der Waals surface area (Å²) in [7, 11) is 0. The van der Waals surface area contributed by atoms with Crippen molar-refractivity contribution in [3.8, 4) is 0 Å². The molecule has 0 amide bonds. The lowest BCUT2D eigenvalue weighted by Gasteiger charge is -2.25. The standard InChI is InChI=1S/C14H20F2N2/c1-2-8-18(10-6-7-10)9-13(17)11-4-3-5-12(15)14(11)16/h3-5,10,13H,2,6-9,17H2,1H3. The molecule has 0 saturated heterocycles. The van der Waals surface area contributed by atoms with Gasteiger partial charge in [-0.15, -0.1) is 0 Å². The SMILES string of the molecule is CCCN(CC(N)c1cccc(F)c1F)C1CC1. The van der Waals surface area contributed by atoms with Crippen LogP contribution in [-0.2, 0) is 0 Å². The molecule has 0 aromatic heterocycles. The molecular weight excluding hydrogens is 234 g/mol. The summed E-state index contributed by atoms with van der Waals surface area (Å²) in [5, 5.41) is 0. The van der Waals surface area contributed by atoms with Crippen molar-refractivity contribution < 1.29 is 8.78 Å². The highest BCUT2D eigenvalue weighted by Gasteiger charge is 2.30. The average Bonchev–Trinajstić information content (AvgIpc) is 3.16. The van der Waals surface area contributed by atoms with Crippen LogP contribution < -0.4 is 5.73 Å². The van der Waals surface area contributed by atoms with Crippen molar-refractivity contribution in [2.24, 2.45) is 5.73 Å². The Morgan fingerprint density at radius 2 is 2.11 bits per heavy atom. The van der Waals surface area contributed by atoms with E-state index in [1.165, 1.54) is 18.9 Å². The van der Waals surface area contributed by atoms with Crippen molar-refractivity contribution in [2.45, 2.75) is 38.3 Å². The molecule has 0 bridgehead atoms. The maximum absolute atomic E-state index is 13.6. The highest BCUT2D eigenvalue weighted by atomic mass is 19.2. The lowest BCUT2D eigenvalue weighted by Crippen LogP contribution is -2.35. The second kappa shape index (κ2) is 5.76. The van der Waals surface area contributed by atoms with E-state index >= 15 is 0 Å². The van der Waals surface area contributed by atoms with E-state index < -0.39 is 17.7 Å². The molecule has 1 aromatic carbocycles. The molecule has 2 N–H and O–H groups in total. The van der Waals surface area contributed by atoms with Crippen molar-refractivity contribution in [2.75, 3.05) is 13.1 Å². The van der Waals surface area contributed by atoms with E-state index in [0.29, 0.717) is 12.6 Å². The van der Waals surface area contributed by atoms with Crippen LogP contribution in [0.25, 0.3) is 0 Å². The van der Waals surface area contributed by atoms with Gasteiger partial charge in [-0.25, -0.2) is 8.78 Å². The summed E-state index contributed by atoms with van der Waals surface area (Å²) in [4.78, 5) is 2.29. The molecule has 1 atom stereocenters. The predicted octanol–water partition coefficient (Wildman–Crippen LogP) is 2.84. The van der Waals surface area contributed by atoms with E-state index in [0.717, 1.165) is 19.0 Å². The van der Waals surface area contributed by atoms with Gasteiger partial charge in [0.15, 0.2) is 11.6 Å². The van der Waals surface area contributed by atoms with Crippen LogP contribution in [0.5, 0.6) is 0 Å². The minimum absolute atomic E-state index is 0.275. The number of benzene rings is 1. The van der Waals surface area contributed by atoms with Gasteiger partial charge in [-0.2, -0.15) is 0 Å². The second-order valence-corrected chi connectivity index (χ2v) is 4.98. The molecule has 0 radical (unpaired) electrons. The monoisotopic (exact) mass is 254 g/mol. The lowest BCUT2D eigenvalue weighted by molar-refractivity contribution is 0.246. The Bertz CT molecular complexity index is 405. The smallest absolute Gasteiger partial charge is 0.163 e. The molecule has 1 aromatic rings. The van der Waals surface area contributed by atoms with E-state index in [1.807, 2.05) is 0 Å². The minimum Gasteiger partial charge on any atom is -0.323 e. The van der Waals surface area contributed by atoms with Crippen molar-refractivity contribution in [3.63, 3.8) is 0 Å². The van der Waals surface area contributed by atoms with Gasteiger partial charge in [-0.3, -0.25) is 4.90 Å². The van der Waals surface area contributed by atoms with Crippen molar-refractivity contribution in [1.29, 1.82) is 0 Å². The van der Waals surface area contributed by atoms with Crippen LogP contribution in [0.1, 0.15) is 37.8 Å². The van der Waals surface area contributed by atoms with Crippen LogP contribution in [0, 0.1) is 11.6 Å². The first-order valence-corrected chi connectivity index (χ1v) is 6.57. The molecular formula is C14H20F2N2. The summed E-state index contributed by atoms with van der Waals surface area (Å²) < 4.78 is 26.8. The predicted molar refractivity (Wildman–Crippen MR) is 68.2 cm³/mol. The maximum Gasteiger partial charge on any atom is 0.163 e. The molecule has 1 fully saturated rings. The number of rotatable bonds is 6. The maximum atomic E-state index is 13.6. The van der Waals surface area contributed by atoms with E-state index in [4.69, 9.17) is 5.73 Å². The number of nitrogens with two attached hydrogens (primary N) is 1. The van der Waals surface area contributed by atoms with Crippen molar-refractivity contribution in [1.82, 2.24) is 4.90 Å². The highest BCUT2D eigenvalue weighted by molar-refractivity contribution is 5.22. The Morgan fingerprint density at radius 1 is 1.39 bits per heavy atom. The van der Waals surface area contributed by atoms with Crippen LogP contribution in [-0.4, -0.2) is 24.0 Å². The molecule has 100 valence electrons. The first-order chi connectivity index (χ1) is 8.63. The van der Waals surface area contributed by atoms with Crippen molar-refractivity contribution >= 4 is 0 Å². The van der Waals surface area contributed by atoms with Crippen LogP contribution >= 0.6 is 0 Å². The molecule has 2 nitrogen and oxygen atoms in total. The molecule has 2 rings (SSSR count). The number of halogens is 2. The summed E-state index contributed by atoms with van der Waals surface area (Å²) in [6, 6.07) is 4.33. The fourth-order valence-electron chi connectivity index (χ4n) is 2.31. The van der Waals surface area contributed by atoms with Crippen LogP contribution in [0.15, 0.2) is 18.2 Å². The molecule has 1 aliphatic carbocycles. The van der Waals surface area contributed by atoms with Gasteiger partial charge >= 0.3 is 0 Å². The first-order valence-electron chi connectivity index (χ1n) is 6.57. The Kier molecular flexibility index (Phi) is 4.30. The Hall–Kier alpha value is -1.00. The summed E-state index contributed by atoms with van der Waals surface area (Å²) in [6.07, 6.45) is 3.44. The van der Waals surface area contributed by atoms with Gasteiger partial charge in [-0.05, 0) is 31.9 Å². The van der Waals surface area contributed by atoms with E-state index in [1.54, 1.807) is 6.07 Å². The third-order valence-corrected chi connectivity index (χ3v) is 3.39. The Morgan fingerprint density at radius 3 is 2.72 bits per heavy atom. The summed E-state index contributed by atoms with van der Waals surface area (Å²) in [5.74, 6) is -1.63. The van der Waals surface area contributed by atoms with Crippen LogP contribution in [0.4, 0.5) is 8.78 Å². The van der Waals surface area contributed by atoms with Gasteiger partial charge in [0, 0.05) is 24.2 Å². The summed E-state index contributed by atoms with van der Waals surface area (Å²) in [6.45, 7) is 3.68. The third kappa shape index (κ3) is 3.06. The number of hydrogen-bond acceptors (Lipinski definition) is 2. The fraction of sp³-hybridized carbons (Fsp3) is 0.571.